The van der Waals surface area contributed by atoms with Crippen LogP contribution in [-0.2, 0) is 4.84 Å². The average molecular weight is 235 g/mol. The molecule has 1 unspecified atom stereocenters. The van der Waals surface area contributed by atoms with Crippen molar-refractivity contribution in [3.63, 3.8) is 0 Å². The fourth-order valence-electron chi connectivity index (χ4n) is 1.11. The summed E-state index contributed by atoms with van der Waals surface area (Å²) in [7, 11) is 0. The monoisotopic (exact) mass is 235 g/mol. The van der Waals surface area contributed by atoms with Crippen LogP contribution in [0.3, 0.4) is 0 Å². The van der Waals surface area contributed by atoms with Crippen molar-refractivity contribution in [2.24, 2.45) is 0 Å². The van der Waals surface area contributed by atoms with Gasteiger partial charge >= 0.3 is 6.18 Å². The Labute approximate surface area is 90.8 Å². The number of hydroxylamine groups is 1. The zero-order valence-corrected chi connectivity index (χ0v) is 8.58. The van der Waals surface area contributed by atoms with Gasteiger partial charge in [-0.3, -0.25) is 4.84 Å². The molecule has 1 rings (SSSR count). The Morgan fingerprint density at radius 2 is 2.12 bits per heavy atom. The van der Waals surface area contributed by atoms with Crippen molar-refractivity contribution in [1.29, 1.82) is 0 Å². The molecule has 1 aromatic carbocycles. The molecule has 1 atom stereocenters. The van der Waals surface area contributed by atoms with Gasteiger partial charge in [0.25, 0.3) is 0 Å². The van der Waals surface area contributed by atoms with Crippen LogP contribution in [0.15, 0.2) is 24.3 Å². The first kappa shape index (κ1) is 12.8. The van der Waals surface area contributed by atoms with Gasteiger partial charge in [0.2, 0.25) is 0 Å². The van der Waals surface area contributed by atoms with Gasteiger partial charge in [-0.15, -0.1) is 0 Å². The van der Waals surface area contributed by atoms with Crippen molar-refractivity contribution in [2.75, 3.05) is 6.61 Å². The van der Waals surface area contributed by atoms with Gasteiger partial charge in [-0.1, -0.05) is 12.1 Å². The topological polar surface area (TPSA) is 41.5 Å². The van der Waals surface area contributed by atoms with E-state index in [2.05, 4.69) is 10.3 Å². The van der Waals surface area contributed by atoms with E-state index in [1.165, 1.54) is 12.1 Å². The molecule has 2 N–H and O–H groups in total. The lowest BCUT2D eigenvalue weighted by Gasteiger charge is -2.15. The highest BCUT2D eigenvalue weighted by atomic mass is 19.4. The fraction of sp³-hybridized carbons (Fsp3) is 0.400. The molecule has 0 saturated carbocycles. The fourth-order valence-corrected chi connectivity index (χ4v) is 1.11. The zero-order chi connectivity index (χ0) is 12.2. The van der Waals surface area contributed by atoms with Gasteiger partial charge in [0.05, 0.1) is 6.04 Å². The maximum atomic E-state index is 11.8. The van der Waals surface area contributed by atoms with Crippen LogP contribution in [0.2, 0.25) is 0 Å². The Balaban J connectivity index is 2.44. The molecule has 0 aliphatic carbocycles. The Morgan fingerprint density at radius 1 is 1.44 bits per heavy atom. The molecule has 0 aliphatic heterocycles. The summed E-state index contributed by atoms with van der Waals surface area (Å²) < 4.78 is 35.3. The van der Waals surface area contributed by atoms with Crippen molar-refractivity contribution in [3.8, 4) is 5.75 Å². The van der Waals surface area contributed by atoms with E-state index in [4.69, 9.17) is 5.11 Å². The number of phenols is 1. The van der Waals surface area contributed by atoms with Crippen molar-refractivity contribution >= 4 is 0 Å². The number of halogens is 3. The molecule has 0 spiro atoms. The van der Waals surface area contributed by atoms with E-state index in [1.54, 1.807) is 19.1 Å². The number of aromatic hydroxyl groups is 1. The summed E-state index contributed by atoms with van der Waals surface area (Å²) in [6.07, 6.45) is -4.36. The lowest BCUT2D eigenvalue weighted by atomic mass is 10.1. The van der Waals surface area contributed by atoms with Gasteiger partial charge in [0.15, 0.2) is 6.61 Å². The van der Waals surface area contributed by atoms with Crippen LogP contribution in [0.1, 0.15) is 18.5 Å². The molecule has 1 aromatic rings. The van der Waals surface area contributed by atoms with Gasteiger partial charge < -0.3 is 5.11 Å². The third-order valence-corrected chi connectivity index (χ3v) is 1.87. The van der Waals surface area contributed by atoms with E-state index in [9.17, 15) is 13.2 Å². The normalized spacial score (nSPS) is 13.8. The summed E-state index contributed by atoms with van der Waals surface area (Å²) in [5.41, 5.74) is 2.89. The molecule has 6 heteroatoms. The molecule has 16 heavy (non-hydrogen) atoms. The minimum Gasteiger partial charge on any atom is -0.508 e. The number of phenolic OH excluding ortho intramolecular Hbond substituents is 1. The Kier molecular flexibility index (Phi) is 4.14. The van der Waals surface area contributed by atoms with Crippen LogP contribution in [0, 0.1) is 0 Å². The largest absolute Gasteiger partial charge is 0.508 e. The highest BCUT2D eigenvalue weighted by molar-refractivity contribution is 5.28. The molecule has 0 heterocycles. The second-order valence-corrected chi connectivity index (χ2v) is 3.34. The smallest absolute Gasteiger partial charge is 0.413 e. The van der Waals surface area contributed by atoms with Crippen LogP contribution >= 0.6 is 0 Å². The first-order chi connectivity index (χ1) is 7.38. The summed E-state index contributed by atoms with van der Waals surface area (Å²) >= 11 is 0. The minimum absolute atomic E-state index is 0.0574. The average Bonchev–Trinajstić information content (AvgIpc) is 2.15. The Bertz CT molecular complexity index is 341. The number of alkyl halides is 3. The molecule has 0 saturated heterocycles. The summed E-state index contributed by atoms with van der Waals surface area (Å²) in [6, 6.07) is 5.77. The predicted molar refractivity (Wildman–Crippen MR) is 51.7 cm³/mol. The van der Waals surface area contributed by atoms with Gasteiger partial charge in [0, 0.05) is 0 Å². The first-order valence-electron chi connectivity index (χ1n) is 4.61. The highest BCUT2D eigenvalue weighted by Crippen LogP contribution is 2.19. The lowest BCUT2D eigenvalue weighted by Crippen LogP contribution is -2.26. The molecule has 0 amide bonds. The van der Waals surface area contributed by atoms with Gasteiger partial charge in [0.1, 0.15) is 5.75 Å². The third-order valence-electron chi connectivity index (χ3n) is 1.87. The summed E-state index contributed by atoms with van der Waals surface area (Å²) in [5, 5.41) is 9.17. The van der Waals surface area contributed by atoms with E-state index in [0.29, 0.717) is 5.56 Å². The molecular formula is C10H12F3NO2. The first-order valence-corrected chi connectivity index (χ1v) is 4.61. The molecule has 0 radical (unpaired) electrons. The van der Waals surface area contributed by atoms with E-state index >= 15 is 0 Å². The lowest BCUT2D eigenvalue weighted by molar-refractivity contribution is -0.192. The maximum absolute atomic E-state index is 11.8. The van der Waals surface area contributed by atoms with Crippen molar-refractivity contribution in [2.45, 2.75) is 19.1 Å². The molecular weight excluding hydrogens is 223 g/mol. The number of benzene rings is 1. The second kappa shape index (κ2) is 5.18. The number of hydrogen-bond acceptors (Lipinski definition) is 3. The second-order valence-electron chi connectivity index (χ2n) is 3.34. The minimum atomic E-state index is -4.36. The summed E-state index contributed by atoms with van der Waals surface area (Å²) in [4.78, 5) is 4.30. The van der Waals surface area contributed by atoms with Crippen molar-refractivity contribution in [1.82, 2.24) is 5.48 Å². The molecule has 0 bridgehead atoms. The molecule has 90 valence electrons. The van der Waals surface area contributed by atoms with Crippen LogP contribution in [-0.4, -0.2) is 17.9 Å². The SMILES string of the molecule is CC(NOCC(F)(F)F)c1cccc(O)c1. The standard InChI is InChI=1S/C10H12F3NO2/c1-7(14-16-6-10(11,12)13)8-3-2-4-9(15)5-8/h2-5,7,14-15H,6H2,1H3. The quantitative estimate of drug-likeness (QED) is 0.788. The van der Waals surface area contributed by atoms with Gasteiger partial charge in [-0.2, -0.15) is 18.7 Å². The van der Waals surface area contributed by atoms with Crippen molar-refractivity contribution < 1.29 is 23.1 Å². The molecule has 3 nitrogen and oxygen atoms in total. The van der Waals surface area contributed by atoms with Gasteiger partial charge in [-0.25, -0.2) is 0 Å². The molecule has 0 fully saturated rings. The number of nitrogens with one attached hydrogen (secondary N) is 1. The van der Waals surface area contributed by atoms with Crippen LogP contribution in [0.25, 0.3) is 0 Å². The Hall–Kier alpha value is -1.27. The summed E-state index contributed by atoms with van der Waals surface area (Å²) in [6.45, 7) is 0.279. The summed E-state index contributed by atoms with van der Waals surface area (Å²) in [5.74, 6) is 0.0574. The number of hydrogen-bond donors (Lipinski definition) is 2. The van der Waals surface area contributed by atoms with Crippen LogP contribution in [0.4, 0.5) is 13.2 Å². The predicted octanol–water partition coefficient (Wildman–Crippen LogP) is 2.54. The Morgan fingerprint density at radius 3 is 2.69 bits per heavy atom. The zero-order valence-electron chi connectivity index (χ0n) is 8.58. The number of rotatable bonds is 4. The van der Waals surface area contributed by atoms with Crippen LogP contribution < -0.4 is 5.48 Å². The molecule has 0 aliphatic rings. The van der Waals surface area contributed by atoms with E-state index in [1.807, 2.05) is 0 Å². The van der Waals surface area contributed by atoms with Gasteiger partial charge in [-0.05, 0) is 24.6 Å². The van der Waals surface area contributed by atoms with E-state index in [0.717, 1.165) is 0 Å². The maximum Gasteiger partial charge on any atom is 0.413 e. The van der Waals surface area contributed by atoms with E-state index < -0.39 is 18.8 Å². The van der Waals surface area contributed by atoms with E-state index in [-0.39, 0.29) is 5.75 Å². The van der Waals surface area contributed by atoms with Crippen LogP contribution in [0.5, 0.6) is 5.75 Å². The highest BCUT2D eigenvalue weighted by Gasteiger charge is 2.28. The van der Waals surface area contributed by atoms with Crippen molar-refractivity contribution in [3.05, 3.63) is 29.8 Å². The third kappa shape index (κ3) is 4.50. The molecule has 0 aromatic heterocycles.